The molecule has 0 aliphatic heterocycles. The highest BCUT2D eigenvalue weighted by Gasteiger charge is 2.11. The van der Waals surface area contributed by atoms with Crippen LogP contribution in [0.2, 0.25) is 0 Å². The molecule has 0 unspecified atom stereocenters. The summed E-state index contributed by atoms with van der Waals surface area (Å²) in [5.74, 6) is 0. The molecule has 0 radical (unpaired) electrons. The van der Waals surface area contributed by atoms with Crippen LogP contribution in [0.5, 0.6) is 0 Å². The lowest BCUT2D eigenvalue weighted by Gasteiger charge is -2.14. The van der Waals surface area contributed by atoms with E-state index in [2.05, 4.69) is 91.0 Å². The monoisotopic (exact) mass is 321 g/mol. The Hall–Kier alpha value is -3.32. The summed E-state index contributed by atoms with van der Waals surface area (Å²) in [6.45, 7) is 0. The summed E-state index contributed by atoms with van der Waals surface area (Å²) >= 11 is 0. The lowest BCUT2D eigenvalue weighted by molar-refractivity contribution is 1.56. The van der Waals surface area contributed by atoms with Crippen LogP contribution < -0.4 is 5.73 Å². The summed E-state index contributed by atoms with van der Waals surface area (Å²) in [6, 6.07) is 35.7. The number of nitrogen functional groups attached to an aromatic ring is 1. The highest BCUT2D eigenvalue weighted by atomic mass is 14.5. The van der Waals surface area contributed by atoms with Gasteiger partial charge >= 0.3 is 0 Å². The van der Waals surface area contributed by atoms with Gasteiger partial charge in [0.05, 0.1) is 0 Å². The summed E-state index contributed by atoms with van der Waals surface area (Å²) < 4.78 is 0. The zero-order chi connectivity index (χ0) is 17.1. The highest BCUT2D eigenvalue weighted by molar-refractivity contribution is 5.91. The Bertz CT molecular complexity index is 986. The Morgan fingerprint density at radius 3 is 1.28 bits per heavy atom. The zero-order valence-electron chi connectivity index (χ0n) is 13.9. The molecule has 25 heavy (non-hydrogen) atoms. The topological polar surface area (TPSA) is 26.0 Å². The first-order valence-corrected chi connectivity index (χ1v) is 8.43. The second-order valence-electron chi connectivity index (χ2n) is 6.08. The Morgan fingerprint density at radius 2 is 0.760 bits per heavy atom. The molecule has 2 N–H and O–H groups in total. The smallest absolute Gasteiger partial charge is 0.0314 e. The van der Waals surface area contributed by atoms with Crippen molar-refractivity contribution in [3.05, 3.63) is 103 Å². The van der Waals surface area contributed by atoms with Crippen LogP contribution >= 0.6 is 0 Å². The zero-order valence-corrected chi connectivity index (χ0v) is 13.9. The van der Waals surface area contributed by atoms with E-state index in [4.69, 9.17) is 5.73 Å². The number of nitrogens with two attached hydrogens (primary N) is 1. The molecule has 120 valence electrons. The van der Waals surface area contributed by atoms with Gasteiger partial charge < -0.3 is 5.73 Å². The van der Waals surface area contributed by atoms with Gasteiger partial charge in [0.1, 0.15) is 0 Å². The molecule has 0 saturated carbocycles. The summed E-state index contributed by atoms with van der Waals surface area (Å²) in [7, 11) is 0. The third kappa shape index (κ3) is 3.05. The molecule has 0 saturated heterocycles. The Kier molecular flexibility index (Phi) is 4.05. The second-order valence-corrected chi connectivity index (χ2v) is 6.08. The fourth-order valence-corrected chi connectivity index (χ4v) is 3.22. The van der Waals surface area contributed by atoms with Gasteiger partial charge in [-0.2, -0.15) is 0 Å². The first-order chi connectivity index (χ1) is 12.3. The number of anilines is 1. The van der Waals surface area contributed by atoms with Gasteiger partial charge in [0.25, 0.3) is 0 Å². The predicted molar refractivity (Wildman–Crippen MR) is 107 cm³/mol. The van der Waals surface area contributed by atoms with Crippen LogP contribution in [0.4, 0.5) is 5.69 Å². The lowest BCUT2D eigenvalue weighted by Crippen LogP contribution is -1.89. The Balaban J connectivity index is 1.91. The first-order valence-electron chi connectivity index (χ1n) is 8.43. The van der Waals surface area contributed by atoms with Gasteiger partial charge in [0.15, 0.2) is 0 Å². The molecular formula is C24H19N. The lowest BCUT2D eigenvalue weighted by atomic mass is 9.89. The molecule has 0 bridgehead atoms. The summed E-state index contributed by atoms with van der Waals surface area (Å²) in [5.41, 5.74) is 14.0. The van der Waals surface area contributed by atoms with Crippen LogP contribution in [0.1, 0.15) is 0 Å². The Morgan fingerprint density at radius 1 is 0.360 bits per heavy atom. The van der Waals surface area contributed by atoms with E-state index in [1.807, 2.05) is 12.1 Å². The maximum atomic E-state index is 5.85. The Labute approximate surface area is 148 Å². The van der Waals surface area contributed by atoms with Crippen molar-refractivity contribution in [1.82, 2.24) is 0 Å². The van der Waals surface area contributed by atoms with Crippen molar-refractivity contribution < 1.29 is 0 Å². The largest absolute Gasteiger partial charge is 0.399 e. The highest BCUT2D eigenvalue weighted by Crippen LogP contribution is 2.37. The first kappa shape index (κ1) is 15.2. The van der Waals surface area contributed by atoms with Crippen molar-refractivity contribution in [2.45, 2.75) is 0 Å². The van der Waals surface area contributed by atoms with Crippen molar-refractivity contribution in [1.29, 1.82) is 0 Å². The van der Waals surface area contributed by atoms with Gasteiger partial charge in [-0.05, 0) is 45.5 Å². The van der Waals surface area contributed by atoms with Gasteiger partial charge in [-0.15, -0.1) is 0 Å². The van der Waals surface area contributed by atoms with E-state index in [1.165, 1.54) is 33.4 Å². The molecule has 4 rings (SSSR count). The quantitative estimate of drug-likeness (QED) is 0.442. The van der Waals surface area contributed by atoms with Crippen LogP contribution in [0.15, 0.2) is 103 Å². The average Bonchev–Trinajstić information content (AvgIpc) is 2.69. The number of benzene rings is 4. The average molecular weight is 321 g/mol. The fourth-order valence-electron chi connectivity index (χ4n) is 3.22. The molecule has 0 atom stereocenters. The van der Waals surface area contributed by atoms with Crippen LogP contribution in [0.25, 0.3) is 33.4 Å². The van der Waals surface area contributed by atoms with E-state index >= 15 is 0 Å². The molecule has 4 aromatic rings. The van der Waals surface area contributed by atoms with Crippen LogP contribution in [-0.4, -0.2) is 0 Å². The SMILES string of the molecule is Nc1ccc(-c2ccccc2-c2ccccc2-c2ccccc2)cc1. The molecule has 1 heteroatoms. The molecule has 0 aliphatic rings. The van der Waals surface area contributed by atoms with Crippen molar-refractivity contribution in [3.63, 3.8) is 0 Å². The molecule has 0 aromatic heterocycles. The van der Waals surface area contributed by atoms with Crippen LogP contribution in [0.3, 0.4) is 0 Å². The van der Waals surface area contributed by atoms with Crippen molar-refractivity contribution >= 4 is 5.69 Å². The normalized spacial score (nSPS) is 10.6. The van der Waals surface area contributed by atoms with E-state index in [-0.39, 0.29) is 0 Å². The summed E-state index contributed by atoms with van der Waals surface area (Å²) in [6.07, 6.45) is 0. The molecule has 0 spiro atoms. The summed E-state index contributed by atoms with van der Waals surface area (Å²) in [4.78, 5) is 0. The molecule has 0 heterocycles. The van der Waals surface area contributed by atoms with Gasteiger partial charge in [-0.3, -0.25) is 0 Å². The molecule has 0 amide bonds. The maximum absolute atomic E-state index is 5.85. The van der Waals surface area contributed by atoms with Crippen molar-refractivity contribution in [2.24, 2.45) is 0 Å². The van der Waals surface area contributed by atoms with Gasteiger partial charge in [0.2, 0.25) is 0 Å². The van der Waals surface area contributed by atoms with E-state index < -0.39 is 0 Å². The minimum absolute atomic E-state index is 0.783. The minimum atomic E-state index is 0.783. The van der Waals surface area contributed by atoms with E-state index in [0.717, 1.165) is 5.69 Å². The molecule has 1 nitrogen and oxygen atoms in total. The predicted octanol–water partition coefficient (Wildman–Crippen LogP) is 6.27. The summed E-state index contributed by atoms with van der Waals surface area (Å²) in [5, 5.41) is 0. The standard InChI is InChI=1S/C24H19N/c25-20-16-14-19(15-17-20)22-11-5-7-13-24(22)23-12-6-4-10-21(23)18-8-2-1-3-9-18/h1-17H,25H2. The molecule has 0 aliphatic carbocycles. The van der Waals surface area contributed by atoms with E-state index in [0.29, 0.717) is 0 Å². The van der Waals surface area contributed by atoms with Crippen LogP contribution in [0, 0.1) is 0 Å². The van der Waals surface area contributed by atoms with Crippen molar-refractivity contribution in [3.8, 4) is 33.4 Å². The molecule has 4 aromatic carbocycles. The fraction of sp³-hybridized carbons (Fsp3) is 0. The molecular weight excluding hydrogens is 302 g/mol. The maximum Gasteiger partial charge on any atom is 0.0314 e. The van der Waals surface area contributed by atoms with E-state index in [1.54, 1.807) is 0 Å². The number of hydrogen-bond donors (Lipinski definition) is 1. The van der Waals surface area contributed by atoms with Gasteiger partial charge in [-0.25, -0.2) is 0 Å². The molecule has 0 fully saturated rings. The van der Waals surface area contributed by atoms with Gasteiger partial charge in [-0.1, -0.05) is 91.0 Å². The van der Waals surface area contributed by atoms with E-state index in [9.17, 15) is 0 Å². The second kappa shape index (κ2) is 6.66. The third-order valence-corrected chi connectivity index (χ3v) is 4.45. The van der Waals surface area contributed by atoms with Gasteiger partial charge in [0, 0.05) is 5.69 Å². The van der Waals surface area contributed by atoms with Crippen LogP contribution in [-0.2, 0) is 0 Å². The number of hydrogen-bond acceptors (Lipinski definition) is 1. The van der Waals surface area contributed by atoms with Crippen molar-refractivity contribution in [2.75, 3.05) is 5.73 Å². The third-order valence-electron chi connectivity index (χ3n) is 4.45. The number of rotatable bonds is 3. The minimum Gasteiger partial charge on any atom is -0.399 e.